The van der Waals surface area contributed by atoms with E-state index >= 15 is 0 Å². The summed E-state index contributed by atoms with van der Waals surface area (Å²) in [6.07, 6.45) is 0. The van der Waals surface area contributed by atoms with Crippen LogP contribution in [-0.4, -0.2) is 24.0 Å². The summed E-state index contributed by atoms with van der Waals surface area (Å²) in [7, 11) is 0. The number of aliphatic imine (C=N–C) groups is 2. The molecule has 2 rings (SSSR count). The zero-order valence-corrected chi connectivity index (χ0v) is 13.5. The Morgan fingerprint density at radius 2 is 1.57 bits per heavy atom. The Balaban J connectivity index is 2.38. The quantitative estimate of drug-likeness (QED) is 0.669. The lowest BCUT2D eigenvalue weighted by Gasteiger charge is -2.11. The fraction of sp³-hybridized carbons (Fsp3) is 0.211. The van der Waals surface area contributed by atoms with Gasteiger partial charge in [-0.25, -0.2) is 0 Å². The first-order chi connectivity index (χ1) is 11.2. The van der Waals surface area contributed by atoms with E-state index in [0.29, 0.717) is 24.6 Å². The number of rotatable bonds is 5. The van der Waals surface area contributed by atoms with Gasteiger partial charge in [0.15, 0.2) is 5.84 Å². The van der Waals surface area contributed by atoms with E-state index in [9.17, 15) is 4.79 Å². The molecule has 0 unspecified atom stereocenters. The molecule has 0 aliphatic heterocycles. The number of nitrogens with one attached hydrogen (secondary N) is 1. The molecule has 0 atom stereocenters. The van der Waals surface area contributed by atoms with Crippen molar-refractivity contribution in [1.29, 1.82) is 0 Å². The Morgan fingerprint density at radius 3 is 2.13 bits per heavy atom. The van der Waals surface area contributed by atoms with Crippen LogP contribution in [0.2, 0.25) is 0 Å². The normalized spacial score (nSPS) is 12.1. The highest BCUT2D eigenvalue weighted by Crippen LogP contribution is 2.07. The standard InChI is InChI=1S/C19H21N3O/c1-3-20-19(22-15(2)23)18(17-12-8-5-9-13-17)21-14-16-10-6-4-7-11-16/h4-13H,3,14H2,1-2H3,(H,20,22,23). The summed E-state index contributed by atoms with van der Waals surface area (Å²) in [5.41, 5.74) is 2.75. The van der Waals surface area contributed by atoms with Crippen LogP contribution >= 0.6 is 0 Å². The van der Waals surface area contributed by atoms with Gasteiger partial charge in [-0.05, 0) is 12.5 Å². The molecule has 0 bridgehead atoms. The van der Waals surface area contributed by atoms with Crippen LogP contribution in [0.5, 0.6) is 0 Å². The Labute approximate surface area is 137 Å². The minimum absolute atomic E-state index is 0.152. The van der Waals surface area contributed by atoms with Crippen molar-refractivity contribution in [3.05, 3.63) is 71.8 Å². The van der Waals surface area contributed by atoms with Gasteiger partial charge >= 0.3 is 0 Å². The molecule has 4 heteroatoms. The maximum absolute atomic E-state index is 11.5. The Kier molecular flexibility index (Phi) is 6.24. The zero-order valence-electron chi connectivity index (χ0n) is 13.5. The Morgan fingerprint density at radius 1 is 0.957 bits per heavy atom. The molecule has 2 aromatic carbocycles. The second-order valence-electron chi connectivity index (χ2n) is 5.02. The molecule has 118 valence electrons. The largest absolute Gasteiger partial charge is 0.309 e. The summed E-state index contributed by atoms with van der Waals surface area (Å²) < 4.78 is 0. The van der Waals surface area contributed by atoms with E-state index in [1.54, 1.807) is 0 Å². The molecule has 0 spiro atoms. The molecule has 1 N–H and O–H groups in total. The van der Waals surface area contributed by atoms with Crippen LogP contribution in [0.15, 0.2) is 70.6 Å². The second kappa shape index (κ2) is 8.63. The van der Waals surface area contributed by atoms with E-state index in [1.165, 1.54) is 6.92 Å². The van der Waals surface area contributed by atoms with Crippen molar-refractivity contribution < 1.29 is 4.79 Å². The molecule has 0 fully saturated rings. The van der Waals surface area contributed by atoms with Gasteiger partial charge in [0, 0.05) is 19.0 Å². The molecule has 23 heavy (non-hydrogen) atoms. The Hall–Kier alpha value is -2.75. The third-order valence-electron chi connectivity index (χ3n) is 3.14. The SMILES string of the molecule is CCN=C(NC(C)=O)C(=NCc1ccccc1)c1ccccc1. The molecule has 0 radical (unpaired) electrons. The number of carbonyl (C=O) groups excluding carboxylic acids is 1. The first-order valence-electron chi connectivity index (χ1n) is 7.67. The van der Waals surface area contributed by atoms with Crippen LogP contribution in [0, 0.1) is 0 Å². The number of amidine groups is 1. The van der Waals surface area contributed by atoms with Crippen LogP contribution in [0.4, 0.5) is 0 Å². The maximum atomic E-state index is 11.5. The number of amides is 1. The average molecular weight is 307 g/mol. The summed E-state index contributed by atoms with van der Waals surface area (Å²) in [6, 6.07) is 19.8. The van der Waals surface area contributed by atoms with Gasteiger partial charge in [-0.15, -0.1) is 0 Å². The maximum Gasteiger partial charge on any atom is 0.222 e. The summed E-state index contributed by atoms with van der Waals surface area (Å²) in [5, 5.41) is 2.80. The van der Waals surface area contributed by atoms with E-state index in [2.05, 4.69) is 10.3 Å². The first-order valence-corrected chi connectivity index (χ1v) is 7.67. The topological polar surface area (TPSA) is 53.8 Å². The van der Waals surface area contributed by atoms with Crippen molar-refractivity contribution in [2.75, 3.05) is 6.54 Å². The molecular weight excluding hydrogens is 286 g/mol. The van der Waals surface area contributed by atoms with Gasteiger partial charge in [-0.1, -0.05) is 60.7 Å². The molecule has 0 aliphatic carbocycles. The zero-order chi connectivity index (χ0) is 16.5. The average Bonchev–Trinajstić information content (AvgIpc) is 2.56. The van der Waals surface area contributed by atoms with Crippen molar-refractivity contribution in [3.8, 4) is 0 Å². The van der Waals surface area contributed by atoms with Gasteiger partial charge in [0.2, 0.25) is 5.91 Å². The molecular formula is C19H21N3O. The summed E-state index contributed by atoms with van der Waals surface area (Å²) in [4.78, 5) is 20.6. The lowest BCUT2D eigenvalue weighted by atomic mass is 10.1. The lowest BCUT2D eigenvalue weighted by Crippen LogP contribution is -2.35. The first kappa shape index (κ1) is 16.6. The number of benzene rings is 2. The number of hydrogen-bond acceptors (Lipinski definition) is 3. The second-order valence-corrected chi connectivity index (χ2v) is 5.02. The molecule has 2 aromatic rings. The van der Waals surface area contributed by atoms with Gasteiger partial charge in [-0.3, -0.25) is 14.8 Å². The van der Waals surface area contributed by atoms with Crippen LogP contribution in [0.1, 0.15) is 25.0 Å². The van der Waals surface area contributed by atoms with E-state index in [-0.39, 0.29) is 5.91 Å². The molecule has 0 heterocycles. The van der Waals surface area contributed by atoms with Crippen LogP contribution in [-0.2, 0) is 11.3 Å². The smallest absolute Gasteiger partial charge is 0.222 e. The number of carbonyl (C=O) groups is 1. The molecule has 1 amide bonds. The highest BCUT2D eigenvalue weighted by molar-refractivity contribution is 6.49. The van der Waals surface area contributed by atoms with Crippen molar-refractivity contribution in [2.24, 2.45) is 9.98 Å². The third kappa shape index (κ3) is 5.18. The van der Waals surface area contributed by atoms with Gasteiger partial charge in [-0.2, -0.15) is 0 Å². The van der Waals surface area contributed by atoms with Crippen LogP contribution in [0.25, 0.3) is 0 Å². The summed E-state index contributed by atoms with van der Waals surface area (Å²) in [6.45, 7) is 4.52. The van der Waals surface area contributed by atoms with E-state index in [1.807, 2.05) is 67.6 Å². The third-order valence-corrected chi connectivity index (χ3v) is 3.14. The molecule has 0 aliphatic rings. The van der Waals surface area contributed by atoms with E-state index in [0.717, 1.165) is 11.1 Å². The van der Waals surface area contributed by atoms with E-state index in [4.69, 9.17) is 4.99 Å². The highest BCUT2D eigenvalue weighted by atomic mass is 16.1. The van der Waals surface area contributed by atoms with Crippen molar-refractivity contribution in [2.45, 2.75) is 20.4 Å². The van der Waals surface area contributed by atoms with E-state index < -0.39 is 0 Å². The fourth-order valence-electron chi connectivity index (χ4n) is 2.15. The van der Waals surface area contributed by atoms with Crippen molar-refractivity contribution in [3.63, 3.8) is 0 Å². The predicted octanol–water partition coefficient (Wildman–Crippen LogP) is 3.23. The monoisotopic (exact) mass is 307 g/mol. The molecule has 0 aromatic heterocycles. The van der Waals surface area contributed by atoms with Crippen molar-refractivity contribution >= 4 is 17.5 Å². The van der Waals surface area contributed by atoms with Crippen molar-refractivity contribution in [1.82, 2.24) is 5.32 Å². The lowest BCUT2D eigenvalue weighted by molar-refractivity contribution is -0.117. The number of hydrogen-bond donors (Lipinski definition) is 1. The Bertz CT molecular complexity index is 691. The summed E-state index contributed by atoms with van der Waals surface area (Å²) in [5.74, 6) is 0.364. The molecule has 0 saturated heterocycles. The minimum atomic E-state index is -0.152. The predicted molar refractivity (Wildman–Crippen MR) is 94.9 cm³/mol. The summed E-state index contributed by atoms with van der Waals surface area (Å²) >= 11 is 0. The van der Waals surface area contributed by atoms with Gasteiger partial charge in [0.25, 0.3) is 0 Å². The molecule has 0 saturated carbocycles. The van der Waals surface area contributed by atoms with Crippen LogP contribution in [0.3, 0.4) is 0 Å². The molecule has 4 nitrogen and oxygen atoms in total. The fourth-order valence-corrected chi connectivity index (χ4v) is 2.15. The number of nitrogens with zero attached hydrogens (tertiary/aromatic N) is 2. The van der Waals surface area contributed by atoms with Gasteiger partial charge in [0.1, 0.15) is 5.71 Å². The minimum Gasteiger partial charge on any atom is -0.309 e. The highest BCUT2D eigenvalue weighted by Gasteiger charge is 2.12. The van der Waals surface area contributed by atoms with Gasteiger partial charge in [0.05, 0.1) is 6.54 Å². The van der Waals surface area contributed by atoms with Crippen LogP contribution < -0.4 is 5.32 Å². The van der Waals surface area contributed by atoms with Gasteiger partial charge < -0.3 is 5.32 Å².